The molecular formula is C11H10N2O4. The number of benzene rings is 1. The Morgan fingerprint density at radius 1 is 1.41 bits per heavy atom. The fourth-order valence-electron chi connectivity index (χ4n) is 1.90. The van der Waals surface area contributed by atoms with Gasteiger partial charge in [-0.2, -0.15) is 0 Å². The normalized spacial score (nSPS) is 10.5. The van der Waals surface area contributed by atoms with Crippen LogP contribution in [0.1, 0.15) is 10.4 Å². The third-order valence-electron chi connectivity index (χ3n) is 2.64. The zero-order valence-corrected chi connectivity index (χ0v) is 9.34. The molecule has 0 saturated carbocycles. The maximum atomic E-state index is 11.6. The number of fused-ring (bicyclic) bond motifs is 1. The van der Waals surface area contributed by atoms with E-state index in [2.05, 4.69) is 4.74 Å². The van der Waals surface area contributed by atoms with Gasteiger partial charge < -0.3 is 14.9 Å². The highest BCUT2D eigenvalue weighted by atomic mass is 16.6. The quantitative estimate of drug-likeness (QED) is 0.451. The molecule has 17 heavy (non-hydrogen) atoms. The summed E-state index contributed by atoms with van der Waals surface area (Å²) in [5.41, 5.74) is 0.621. The van der Waals surface area contributed by atoms with Gasteiger partial charge in [0.05, 0.1) is 14.2 Å². The van der Waals surface area contributed by atoms with Crippen LogP contribution in [-0.2, 0) is 11.8 Å². The Morgan fingerprint density at radius 2 is 2.06 bits per heavy atom. The predicted molar refractivity (Wildman–Crippen MR) is 60.9 cm³/mol. The molecule has 0 aliphatic heterocycles. The average molecular weight is 234 g/mol. The van der Waals surface area contributed by atoms with Crippen LogP contribution in [0.4, 0.5) is 5.82 Å². The fourth-order valence-corrected chi connectivity index (χ4v) is 1.90. The van der Waals surface area contributed by atoms with Crippen molar-refractivity contribution < 1.29 is 14.5 Å². The van der Waals surface area contributed by atoms with Gasteiger partial charge in [-0.3, -0.25) is 0 Å². The van der Waals surface area contributed by atoms with Crippen LogP contribution in [-0.4, -0.2) is 22.6 Å². The summed E-state index contributed by atoms with van der Waals surface area (Å²) in [6.07, 6.45) is 0. The third kappa shape index (κ3) is 1.54. The Bertz CT molecular complexity index is 615. The molecule has 0 saturated heterocycles. The van der Waals surface area contributed by atoms with E-state index >= 15 is 0 Å². The number of carbonyl (C=O) groups excluding carboxylic acids is 1. The lowest BCUT2D eigenvalue weighted by atomic mass is 10.1. The summed E-state index contributed by atoms with van der Waals surface area (Å²) >= 11 is 0. The van der Waals surface area contributed by atoms with Gasteiger partial charge in [0.15, 0.2) is 5.56 Å². The second kappa shape index (κ2) is 3.89. The molecule has 0 amide bonds. The van der Waals surface area contributed by atoms with Crippen molar-refractivity contribution >= 4 is 22.7 Å². The summed E-state index contributed by atoms with van der Waals surface area (Å²) < 4.78 is 5.97. The van der Waals surface area contributed by atoms with Gasteiger partial charge in [0.1, 0.15) is 5.52 Å². The van der Waals surface area contributed by atoms with Gasteiger partial charge in [0.2, 0.25) is 0 Å². The largest absolute Gasteiger partial charge is 0.465 e. The number of esters is 1. The van der Waals surface area contributed by atoms with Crippen LogP contribution < -0.4 is 0 Å². The molecule has 0 atom stereocenters. The van der Waals surface area contributed by atoms with Crippen LogP contribution in [0.3, 0.4) is 0 Å². The van der Waals surface area contributed by atoms with Crippen LogP contribution >= 0.6 is 0 Å². The van der Waals surface area contributed by atoms with Crippen molar-refractivity contribution in [1.29, 1.82) is 0 Å². The second-order valence-corrected chi connectivity index (χ2v) is 3.52. The number of methoxy groups -OCH3 is 1. The number of nitrogens with zero attached hydrogens (tertiary/aromatic N) is 2. The number of hydrogen-bond acceptors (Lipinski definition) is 4. The molecule has 0 N–H and O–H groups in total. The van der Waals surface area contributed by atoms with Crippen molar-refractivity contribution in [1.82, 2.24) is 4.57 Å². The molecule has 0 aliphatic rings. The summed E-state index contributed by atoms with van der Waals surface area (Å²) in [5.74, 6) is -0.952. The van der Waals surface area contributed by atoms with Gasteiger partial charge in [-0.05, 0) is 17.1 Å². The molecule has 0 spiro atoms. The monoisotopic (exact) mass is 234 g/mol. The van der Waals surface area contributed by atoms with Crippen molar-refractivity contribution in [3.05, 3.63) is 39.9 Å². The molecule has 2 aromatic rings. The maximum Gasteiger partial charge on any atom is 0.347 e. The summed E-state index contributed by atoms with van der Waals surface area (Å²) in [4.78, 5) is 22.1. The van der Waals surface area contributed by atoms with Crippen LogP contribution in [0.5, 0.6) is 0 Å². The minimum atomic E-state index is -0.700. The van der Waals surface area contributed by atoms with E-state index in [0.717, 1.165) is 0 Å². The molecule has 6 heteroatoms. The standard InChI is InChI=1S/C11H10N2O4/c1-12-8-6-4-3-5-7(8)9(11(14)17-2)10(12)13(15)16/h3-6H,1-2H3. The smallest absolute Gasteiger partial charge is 0.347 e. The van der Waals surface area contributed by atoms with Gasteiger partial charge in [-0.1, -0.05) is 12.1 Å². The Morgan fingerprint density at radius 3 is 2.65 bits per heavy atom. The van der Waals surface area contributed by atoms with Gasteiger partial charge >= 0.3 is 11.8 Å². The molecule has 2 rings (SSSR count). The Labute approximate surface area is 96.6 Å². The van der Waals surface area contributed by atoms with E-state index in [0.29, 0.717) is 10.9 Å². The van der Waals surface area contributed by atoms with Crippen LogP contribution in [0.25, 0.3) is 10.9 Å². The van der Waals surface area contributed by atoms with E-state index in [1.165, 1.54) is 11.7 Å². The van der Waals surface area contributed by atoms with E-state index in [1.54, 1.807) is 31.3 Å². The van der Waals surface area contributed by atoms with E-state index in [-0.39, 0.29) is 11.4 Å². The molecule has 0 fully saturated rings. The molecule has 0 bridgehead atoms. The molecule has 1 heterocycles. The highest BCUT2D eigenvalue weighted by Gasteiger charge is 2.29. The number of nitro groups is 1. The highest BCUT2D eigenvalue weighted by molar-refractivity contribution is 6.08. The van der Waals surface area contributed by atoms with E-state index in [1.807, 2.05) is 0 Å². The number of rotatable bonds is 2. The van der Waals surface area contributed by atoms with Gasteiger partial charge in [0.25, 0.3) is 0 Å². The van der Waals surface area contributed by atoms with Crippen molar-refractivity contribution in [3.63, 3.8) is 0 Å². The molecule has 1 aromatic heterocycles. The average Bonchev–Trinajstić information content (AvgIpc) is 2.62. The van der Waals surface area contributed by atoms with Crippen LogP contribution in [0, 0.1) is 10.1 Å². The van der Waals surface area contributed by atoms with Crippen LogP contribution in [0.15, 0.2) is 24.3 Å². The number of para-hydroxylation sites is 1. The maximum absolute atomic E-state index is 11.6. The van der Waals surface area contributed by atoms with Crippen molar-refractivity contribution in [3.8, 4) is 0 Å². The first-order chi connectivity index (χ1) is 8.07. The van der Waals surface area contributed by atoms with Crippen molar-refractivity contribution in [2.75, 3.05) is 7.11 Å². The lowest BCUT2D eigenvalue weighted by Crippen LogP contribution is -2.06. The third-order valence-corrected chi connectivity index (χ3v) is 2.64. The summed E-state index contributed by atoms with van der Waals surface area (Å²) in [7, 11) is 2.75. The number of ether oxygens (including phenoxy) is 1. The van der Waals surface area contributed by atoms with E-state index in [4.69, 9.17) is 0 Å². The molecule has 1 aromatic carbocycles. The Hall–Kier alpha value is -2.37. The zero-order chi connectivity index (χ0) is 12.6. The number of aryl methyl sites for hydroxylation is 1. The first-order valence-corrected chi connectivity index (χ1v) is 4.88. The Balaban J connectivity index is 2.90. The Kier molecular flexibility index (Phi) is 2.55. The summed E-state index contributed by atoms with van der Waals surface area (Å²) in [6, 6.07) is 6.86. The molecule has 6 nitrogen and oxygen atoms in total. The van der Waals surface area contributed by atoms with Crippen LogP contribution in [0.2, 0.25) is 0 Å². The summed E-state index contributed by atoms with van der Waals surface area (Å²) in [6.45, 7) is 0. The van der Waals surface area contributed by atoms with Crippen molar-refractivity contribution in [2.45, 2.75) is 0 Å². The summed E-state index contributed by atoms with van der Waals surface area (Å²) in [5, 5.41) is 11.5. The van der Waals surface area contributed by atoms with Gasteiger partial charge in [-0.25, -0.2) is 9.36 Å². The minimum absolute atomic E-state index is 0.00407. The molecule has 0 radical (unpaired) electrons. The molecular weight excluding hydrogens is 224 g/mol. The zero-order valence-electron chi connectivity index (χ0n) is 9.34. The molecule has 0 unspecified atom stereocenters. The lowest BCUT2D eigenvalue weighted by molar-refractivity contribution is -0.391. The minimum Gasteiger partial charge on any atom is -0.465 e. The highest BCUT2D eigenvalue weighted by Crippen LogP contribution is 2.31. The molecule has 88 valence electrons. The van der Waals surface area contributed by atoms with Crippen molar-refractivity contribution in [2.24, 2.45) is 7.05 Å². The second-order valence-electron chi connectivity index (χ2n) is 3.52. The van der Waals surface area contributed by atoms with Gasteiger partial charge in [0, 0.05) is 5.39 Å². The number of hydrogen-bond donors (Lipinski definition) is 0. The van der Waals surface area contributed by atoms with Gasteiger partial charge in [-0.15, -0.1) is 0 Å². The fraction of sp³-hybridized carbons (Fsp3) is 0.182. The first-order valence-electron chi connectivity index (χ1n) is 4.88. The SMILES string of the molecule is COC(=O)c1c([N+](=O)[O-])n(C)c2ccccc12. The topological polar surface area (TPSA) is 74.4 Å². The number of aromatic nitrogens is 1. The lowest BCUT2D eigenvalue weighted by Gasteiger charge is -1.98. The van der Waals surface area contributed by atoms with E-state index < -0.39 is 10.9 Å². The predicted octanol–water partition coefficient (Wildman–Crippen LogP) is 1.87. The first kappa shape index (κ1) is 11.1. The number of carbonyl (C=O) groups is 1. The van der Waals surface area contributed by atoms with E-state index in [9.17, 15) is 14.9 Å². The molecule has 0 aliphatic carbocycles.